The Morgan fingerprint density at radius 1 is 1.24 bits per heavy atom. The average Bonchev–Trinajstić information content (AvgIpc) is 2.85. The monoisotopic (exact) mass is 287 g/mol. The Kier molecular flexibility index (Phi) is 2.90. The number of imidazole rings is 1. The molecule has 0 atom stereocenters. The van der Waals surface area contributed by atoms with E-state index in [1.165, 1.54) is 20.0 Å². The van der Waals surface area contributed by atoms with Gasteiger partial charge in [-0.25, -0.2) is 14.6 Å². The van der Waals surface area contributed by atoms with E-state index < -0.39 is 17.7 Å². The number of ether oxygens (including phenoxy) is 2. The van der Waals surface area contributed by atoms with Crippen molar-refractivity contribution < 1.29 is 19.1 Å². The molecule has 7 nitrogen and oxygen atoms in total. The molecule has 0 unspecified atom stereocenters. The number of hydrogen-bond acceptors (Lipinski definition) is 6. The van der Waals surface area contributed by atoms with Crippen LogP contribution in [0.1, 0.15) is 13.8 Å². The zero-order chi connectivity index (χ0) is 15.0. The van der Waals surface area contributed by atoms with Crippen LogP contribution in [0.4, 0.5) is 5.69 Å². The molecule has 1 saturated heterocycles. The highest BCUT2D eigenvalue weighted by Gasteiger charge is 2.38. The summed E-state index contributed by atoms with van der Waals surface area (Å²) in [6, 6.07) is 5.47. The summed E-state index contributed by atoms with van der Waals surface area (Å²) in [5.74, 6) is -2.69. The normalized spacial score (nSPS) is 17.3. The van der Waals surface area contributed by atoms with Gasteiger partial charge in [-0.15, -0.1) is 0 Å². The summed E-state index contributed by atoms with van der Waals surface area (Å²) >= 11 is 0. The van der Waals surface area contributed by atoms with Crippen LogP contribution in [-0.4, -0.2) is 27.7 Å². The number of H-pyrrole nitrogens is 1. The summed E-state index contributed by atoms with van der Waals surface area (Å²) in [5, 5.41) is 2.89. The minimum atomic E-state index is -1.24. The van der Waals surface area contributed by atoms with Crippen LogP contribution in [0.3, 0.4) is 0 Å². The van der Waals surface area contributed by atoms with Crippen molar-refractivity contribution in [2.75, 3.05) is 5.32 Å². The van der Waals surface area contributed by atoms with E-state index in [9.17, 15) is 9.59 Å². The van der Waals surface area contributed by atoms with Crippen molar-refractivity contribution in [2.24, 2.45) is 0 Å². The van der Waals surface area contributed by atoms with E-state index in [1.54, 1.807) is 12.4 Å². The number of rotatable bonds is 2. The van der Waals surface area contributed by atoms with Gasteiger partial charge in [0.05, 0.1) is 17.5 Å². The molecule has 0 spiro atoms. The van der Waals surface area contributed by atoms with Gasteiger partial charge < -0.3 is 19.8 Å². The van der Waals surface area contributed by atoms with E-state index in [4.69, 9.17) is 9.47 Å². The van der Waals surface area contributed by atoms with E-state index in [1.807, 2.05) is 12.1 Å². The molecule has 0 aliphatic carbocycles. The molecule has 1 aliphatic heterocycles. The number of anilines is 1. The lowest BCUT2D eigenvalue weighted by molar-refractivity contribution is -0.222. The SMILES string of the molecule is CC1(C)OC(=O)C(=CNc2cccc3[nH]cnc23)C(=O)O1. The summed E-state index contributed by atoms with van der Waals surface area (Å²) in [5.41, 5.74) is 2.01. The van der Waals surface area contributed by atoms with Gasteiger partial charge in [-0.1, -0.05) is 6.07 Å². The predicted octanol–water partition coefficient (Wildman–Crippen LogP) is 1.69. The molecule has 0 amide bonds. The second kappa shape index (κ2) is 4.62. The van der Waals surface area contributed by atoms with Crippen LogP contribution in [0, 0.1) is 0 Å². The Morgan fingerprint density at radius 2 is 1.95 bits per heavy atom. The van der Waals surface area contributed by atoms with E-state index in [0.717, 1.165) is 5.52 Å². The Balaban J connectivity index is 1.88. The van der Waals surface area contributed by atoms with Gasteiger partial charge in [0.15, 0.2) is 5.57 Å². The molecule has 2 aromatic rings. The number of aromatic nitrogens is 2. The number of benzene rings is 1. The summed E-state index contributed by atoms with van der Waals surface area (Å²) < 4.78 is 10.0. The molecule has 21 heavy (non-hydrogen) atoms. The molecule has 0 saturated carbocycles. The van der Waals surface area contributed by atoms with Crippen molar-refractivity contribution in [3.05, 3.63) is 36.3 Å². The molecule has 1 aromatic heterocycles. The number of esters is 2. The molecule has 1 aliphatic rings. The van der Waals surface area contributed by atoms with E-state index in [0.29, 0.717) is 11.2 Å². The maximum absolute atomic E-state index is 11.8. The standard InChI is InChI=1S/C14H13N3O4/c1-14(2)20-12(18)8(13(19)21-14)6-15-9-4-3-5-10-11(9)17-7-16-10/h3-7,15H,1-2H3,(H,16,17). The van der Waals surface area contributed by atoms with Crippen molar-refractivity contribution in [3.63, 3.8) is 0 Å². The van der Waals surface area contributed by atoms with Crippen molar-refractivity contribution in [1.29, 1.82) is 0 Å². The Bertz CT molecular complexity index is 738. The molecule has 1 fully saturated rings. The fourth-order valence-corrected chi connectivity index (χ4v) is 2.01. The molecular formula is C14H13N3O4. The van der Waals surface area contributed by atoms with Gasteiger partial charge in [-0.05, 0) is 12.1 Å². The molecule has 2 heterocycles. The van der Waals surface area contributed by atoms with Crippen molar-refractivity contribution in [3.8, 4) is 0 Å². The van der Waals surface area contributed by atoms with Crippen LogP contribution in [-0.2, 0) is 19.1 Å². The van der Waals surface area contributed by atoms with Crippen molar-refractivity contribution >= 4 is 28.7 Å². The van der Waals surface area contributed by atoms with Gasteiger partial charge in [0.25, 0.3) is 5.79 Å². The third-order valence-electron chi connectivity index (χ3n) is 2.94. The van der Waals surface area contributed by atoms with Gasteiger partial charge in [0.2, 0.25) is 0 Å². The van der Waals surface area contributed by atoms with Gasteiger partial charge in [0, 0.05) is 20.0 Å². The zero-order valence-electron chi connectivity index (χ0n) is 11.5. The second-order valence-electron chi connectivity index (χ2n) is 4.99. The number of para-hydroxylation sites is 1. The molecular weight excluding hydrogens is 274 g/mol. The lowest BCUT2D eigenvalue weighted by Crippen LogP contribution is -2.42. The average molecular weight is 287 g/mol. The molecule has 0 bridgehead atoms. The molecule has 2 N–H and O–H groups in total. The lowest BCUT2D eigenvalue weighted by atomic mass is 10.2. The van der Waals surface area contributed by atoms with Crippen molar-refractivity contribution in [1.82, 2.24) is 9.97 Å². The van der Waals surface area contributed by atoms with Crippen LogP contribution in [0.25, 0.3) is 11.0 Å². The number of aromatic amines is 1. The van der Waals surface area contributed by atoms with E-state index in [2.05, 4.69) is 15.3 Å². The fourth-order valence-electron chi connectivity index (χ4n) is 2.01. The topological polar surface area (TPSA) is 93.3 Å². The first kappa shape index (κ1) is 13.2. The Labute approximate surface area is 120 Å². The van der Waals surface area contributed by atoms with Crippen molar-refractivity contribution in [2.45, 2.75) is 19.6 Å². The van der Waals surface area contributed by atoms with Gasteiger partial charge in [-0.3, -0.25) is 0 Å². The second-order valence-corrected chi connectivity index (χ2v) is 4.99. The first-order valence-electron chi connectivity index (χ1n) is 6.32. The van der Waals surface area contributed by atoms with Crippen LogP contribution < -0.4 is 5.32 Å². The van der Waals surface area contributed by atoms with Crippen LogP contribution in [0.15, 0.2) is 36.3 Å². The first-order valence-corrected chi connectivity index (χ1v) is 6.32. The lowest BCUT2D eigenvalue weighted by Gasteiger charge is -2.29. The number of fused-ring (bicyclic) bond motifs is 1. The van der Waals surface area contributed by atoms with Crippen LogP contribution in [0.5, 0.6) is 0 Å². The summed E-state index contributed by atoms with van der Waals surface area (Å²) in [6.07, 6.45) is 2.83. The van der Waals surface area contributed by atoms with E-state index in [-0.39, 0.29) is 5.57 Å². The largest absolute Gasteiger partial charge is 0.419 e. The predicted molar refractivity (Wildman–Crippen MR) is 74.1 cm³/mol. The molecule has 0 radical (unpaired) electrons. The zero-order valence-corrected chi connectivity index (χ0v) is 11.5. The molecule has 7 heteroatoms. The third kappa shape index (κ3) is 2.45. The number of nitrogens with zero attached hydrogens (tertiary/aromatic N) is 1. The van der Waals surface area contributed by atoms with Crippen LogP contribution in [0.2, 0.25) is 0 Å². The highest BCUT2D eigenvalue weighted by Crippen LogP contribution is 2.24. The highest BCUT2D eigenvalue weighted by molar-refractivity contribution is 6.15. The number of cyclic esters (lactones) is 2. The summed E-state index contributed by atoms with van der Waals surface area (Å²) in [7, 11) is 0. The van der Waals surface area contributed by atoms with Gasteiger partial charge in [-0.2, -0.15) is 0 Å². The maximum atomic E-state index is 11.8. The summed E-state index contributed by atoms with van der Waals surface area (Å²) in [6.45, 7) is 2.99. The summed E-state index contributed by atoms with van der Waals surface area (Å²) in [4.78, 5) is 30.7. The maximum Gasteiger partial charge on any atom is 0.350 e. The number of nitrogens with one attached hydrogen (secondary N) is 2. The Morgan fingerprint density at radius 3 is 2.67 bits per heavy atom. The van der Waals surface area contributed by atoms with Gasteiger partial charge >= 0.3 is 11.9 Å². The number of carbonyl (C=O) groups excluding carboxylic acids is 2. The molecule has 108 valence electrons. The number of carbonyl (C=O) groups is 2. The Hall–Kier alpha value is -2.83. The minimum absolute atomic E-state index is 0.193. The minimum Gasteiger partial charge on any atom is -0.419 e. The molecule has 1 aromatic carbocycles. The first-order chi connectivity index (χ1) is 9.96. The number of hydrogen-bond donors (Lipinski definition) is 2. The highest BCUT2D eigenvalue weighted by atomic mass is 16.7. The van der Waals surface area contributed by atoms with Gasteiger partial charge in [0.1, 0.15) is 5.52 Å². The van der Waals surface area contributed by atoms with E-state index >= 15 is 0 Å². The molecule has 3 rings (SSSR count). The third-order valence-corrected chi connectivity index (χ3v) is 2.94. The smallest absolute Gasteiger partial charge is 0.350 e. The van der Waals surface area contributed by atoms with Crippen LogP contribution >= 0.6 is 0 Å². The fraction of sp³-hybridized carbons (Fsp3) is 0.214. The quantitative estimate of drug-likeness (QED) is 0.496.